The third kappa shape index (κ3) is 2.41. The van der Waals surface area contributed by atoms with Gasteiger partial charge in [0.15, 0.2) is 11.6 Å². The van der Waals surface area contributed by atoms with Crippen LogP contribution in [0.2, 0.25) is 0 Å². The maximum atomic E-state index is 13.2. The molecular weight excluding hydrogens is 256 g/mol. The van der Waals surface area contributed by atoms with Crippen LogP contribution in [-0.4, -0.2) is 12.5 Å². The zero-order valence-electron chi connectivity index (χ0n) is 9.69. The summed E-state index contributed by atoms with van der Waals surface area (Å²) < 4.78 is 26.0. The molecule has 1 heterocycles. The van der Waals surface area contributed by atoms with Crippen LogP contribution in [0.15, 0.2) is 35.7 Å². The number of thiophene rings is 1. The van der Waals surface area contributed by atoms with Gasteiger partial charge in [-0.25, -0.2) is 8.78 Å². The van der Waals surface area contributed by atoms with E-state index in [1.165, 1.54) is 22.3 Å². The number of carbonyl (C=O) groups is 1. The van der Waals surface area contributed by atoms with Gasteiger partial charge >= 0.3 is 0 Å². The largest absolute Gasteiger partial charge is 0.308 e. The highest BCUT2D eigenvalue weighted by molar-refractivity contribution is 7.12. The van der Waals surface area contributed by atoms with Crippen LogP contribution in [0.1, 0.15) is 16.6 Å². The van der Waals surface area contributed by atoms with Crippen LogP contribution in [0.4, 0.5) is 14.5 Å². The van der Waals surface area contributed by atoms with E-state index in [4.69, 9.17) is 0 Å². The second-order valence-electron chi connectivity index (χ2n) is 3.63. The summed E-state index contributed by atoms with van der Waals surface area (Å²) in [5.41, 5.74) is 0.356. The minimum Gasteiger partial charge on any atom is -0.308 e. The van der Waals surface area contributed by atoms with E-state index in [0.29, 0.717) is 17.1 Å². The van der Waals surface area contributed by atoms with Crippen molar-refractivity contribution < 1.29 is 13.6 Å². The lowest BCUT2D eigenvalue weighted by Gasteiger charge is -2.20. The van der Waals surface area contributed by atoms with E-state index in [2.05, 4.69) is 0 Å². The SMILES string of the molecule is CCN(C(=O)c1cccs1)c1ccc(F)c(F)c1. The number of amides is 1. The van der Waals surface area contributed by atoms with Gasteiger partial charge in [-0.2, -0.15) is 0 Å². The summed E-state index contributed by atoms with van der Waals surface area (Å²) in [6.45, 7) is 2.18. The molecule has 0 aliphatic rings. The Kier molecular flexibility index (Phi) is 3.72. The molecule has 2 nitrogen and oxygen atoms in total. The van der Waals surface area contributed by atoms with Crippen molar-refractivity contribution in [2.45, 2.75) is 6.92 Å². The lowest BCUT2D eigenvalue weighted by Crippen LogP contribution is -2.30. The van der Waals surface area contributed by atoms with Crippen LogP contribution >= 0.6 is 11.3 Å². The normalized spacial score (nSPS) is 10.4. The Hall–Kier alpha value is -1.75. The van der Waals surface area contributed by atoms with Gasteiger partial charge in [-0.05, 0) is 30.5 Å². The molecule has 0 atom stereocenters. The van der Waals surface area contributed by atoms with Gasteiger partial charge in [-0.1, -0.05) is 6.07 Å². The molecule has 0 spiro atoms. The molecule has 1 aromatic carbocycles. The molecule has 0 unspecified atom stereocenters. The molecule has 0 saturated heterocycles. The molecular formula is C13H11F2NOS. The lowest BCUT2D eigenvalue weighted by atomic mass is 10.2. The first-order chi connectivity index (χ1) is 8.63. The first-order valence-corrected chi connectivity index (χ1v) is 6.32. The van der Waals surface area contributed by atoms with Crippen molar-refractivity contribution in [3.05, 3.63) is 52.2 Å². The van der Waals surface area contributed by atoms with Crippen LogP contribution in [0.3, 0.4) is 0 Å². The smallest absolute Gasteiger partial charge is 0.268 e. The molecule has 2 aromatic rings. The Labute approximate surface area is 107 Å². The third-order valence-corrected chi connectivity index (χ3v) is 3.37. The van der Waals surface area contributed by atoms with E-state index in [1.807, 2.05) is 0 Å². The highest BCUT2D eigenvalue weighted by Gasteiger charge is 2.18. The average molecular weight is 267 g/mol. The number of carbonyl (C=O) groups excluding carboxylic acids is 1. The van der Waals surface area contributed by atoms with Gasteiger partial charge in [0.25, 0.3) is 5.91 Å². The van der Waals surface area contributed by atoms with E-state index >= 15 is 0 Å². The molecule has 2 rings (SSSR count). The molecule has 5 heteroatoms. The highest BCUT2D eigenvalue weighted by atomic mass is 32.1. The fourth-order valence-corrected chi connectivity index (χ4v) is 2.30. The Balaban J connectivity index is 2.33. The first-order valence-electron chi connectivity index (χ1n) is 5.44. The number of benzene rings is 1. The van der Waals surface area contributed by atoms with E-state index in [1.54, 1.807) is 24.4 Å². The van der Waals surface area contributed by atoms with E-state index < -0.39 is 11.6 Å². The molecule has 0 fully saturated rings. The van der Waals surface area contributed by atoms with Crippen molar-refractivity contribution in [2.75, 3.05) is 11.4 Å². The maximum absolute atomic E-state index is 13.2. The van der Waals surface area contributed by atoms with Crippen LogP contribution in [0, 0.1) is 11.6 Å². The highest BCUT2D eigenvalue weighted by Crippen LogP contribution is 2.21. The molecule has 0 N–H and O–H groups in total. The van der Waals surface area contributed by atoms with Crippen molar-refractivity contribution in [3.8, 4) is 0 Å². The molecule has 94 valence electrons. The predicted molar refractivity (Wildman–Crippen MR) is 68.0 cm³/mol. The zero-order valence-corrected chi connectivity index (χ0v) is 10.5. The Bertz CT molecular complexity index is 554. The maximum Gasteiger partial charge on any atom is 0.268 e. The number of hydrogen-bond donors (Lipinski definition) is 0. The molecule has 0 bridgehead atoms. The lowest BCUT2D eigenvalue weighted by molar-refractivity contribution is 0.0992. The molecule has 0 aliphatic carbocycles. The molecule has 18 heavy (non-hydrogen) atoms. The number of rotatable bonds is 3. The van der Waals surface area contributed by atoms with Gasteiger partial charge in [0.1, 0.15) is 0 Å². The second-order valence-corrected chi connectivity index (χ2v) is 4.57. The Morgan fingerprint density at radius 2 is 2.06 bits per heavy atom. The van der Waals surface area contributed by atoms with E-state index in [9.17, 15) is 13.6 Å². The minimum atomic E-state index is -0.954. The van der Waals surface area contributed by atoms with Crippen molar-refractivity contribution in [3.63, 3.8) is 0 Å². The number of anilines is 1. The topological polar surface area (TPSA) is 20.3 Å². The van der Waals surface area contributed by atoms with E-state index in [-0.39, 0.29) is 5.91 Å². The number of nitrogens with zero attached hydrogens (tertiary/aromatic N) is 1. The first kappa shape index (κ1) is 12.7. The molecule has 0 saturated carbocycles. The van der Waals surface area contributed by atoms with Crippen LogP contribution in [0.25, 0.3) is 0 Å². The molecule has 0 radical (unpaired) electrons. The average Bonchev–Trinajstić information content (AvgIpc) is 2.88. The van der Waals surface area contributed by atoms with Gasteiger partial charge in [0.2, 0.25) is 0 Å². The molecule has 0 aliphatic heterocycles. The standard InChI is InChI=1S/C13H11F2NOS/c1-2-16(13(17)12-4-3-7-18-12)9-5-6-10(14)11(15)8-9/h3-8H,2H2,1H3. The molecule has 1 aromatic heterocycles. The zero-order chi connectivity index (χ0) is 13.1. The van der Waals surface area contributed by atoms with Gasteiger partial charge in [-0.3, -0.25) is 4.79 Å². The van der Waals surface area contributed by atoms with Crippen molar-refractivity contribution >= 4 is 22.9 Å². The predicted octanol–water partition coefficient (Wildman–Crippen LogP) is 3.69. The van der Waals surface area contributed by atoms with Crippen LogP contribution in [0.5, 0.6) is 0 Å². The Morgan fingerprint density at radius 3 is 2.61 bits per heavy atom. The van der Waals surface area contributed by atoms with Crippen LogP contribution < -0.4 is 4.90 Å². The fraction of sp³-hybridized carbons (Fsp3) is 0.154. The van der Waals surface area contributed by atoms with Crippen molar-refractivity contribution in [1.82, 2.24) is 0 Å². The van der Waals surface area contributed by atoms with Gasteiger partial charge in [0.05, 0.1) is 4.88 Å². The summed E-state index contributed by atoms with van der Waals surface area (Å²) in [5.74, 6) is -2.08. The molecule has 1 amide bonds. The van der Waals surface area contributed by atoms with E-state index in [0.717, 1.165) is 12.1 Å². The van der Waals surface area contributed by atoms with Crippen LogP contribution in [-0.2, 0) is 0 Å². The monoisotopic (exact) mass is 267 g/mol. The van der Waals surface area contributed by atoms with Crippen molar-refractivity contribution in [2.24, 2.45) is 0 Å². The summed E-state index contributed by atoms with van der Waals surface area (Å²) in [6.07, 6.45) is 0. The number of halogens is 2. The van der Waals surface area contributed by atoms with Crippen molar-refractivity contribution in [1.29, 1.82) is 0 Å². The minimum absolute atomic E-state index is 0.210. The number of hydrogen-bond acceptors (Lipinski definition) is 2. The third-order valence-electron chi connectivity index (χ3n) is 2.51. The summed E-state index contributed by atoms with van der Waals surface area (Å²) in [4.78, 5) is 14.1. The summed E-state index contributed by atoms with van der Waals surface area (Å²) in [5, 5.41) is 1.80. The van der Waals surface area contributed by atoms with Gasteiger partial charge < -0.3 is 4.90 Å². The Morgan fingerprint density at radius 1 is 1.28 bits per heavy atom. The summed E-state index contributed by atoms with van der Waals surface area (Å²) >= 11 is 1.32. The van der Waals surface area contributed by atoms with Gasteiger partial charge in [-0.15, -0.1) is 11.3 Å². The van der Waals surface area contributed by atoms with Gasteiger partial charge in [0, 0.05) is 18.3 Å². The summed E-state index contributed by atoms with van der Waals surface area (Å²) in [6, 6.07) is 6.93. The summed E-state index contributed by atoms with van der Waals surface area (Å²) in [7, 11) is 0. The quantitative estimate of drug-likeness (QED) is 0.830. The fourth-order valence-electron chi connectivity index (χ4n) is 1.63. The second kappa shape index (κ2) is 5.27.